The van der Waals surface area contributed by atoms with Crippen molar-refractivity contribution in [2.45, 2.75) is 26.2 Å². The first-order valence-electron chi connectivity index (χ1n) is 3.96. The normalized spacial score (nSPS) is 9.91. The van der Waals surface area contributed by atoms with Crippen LogP contribution in [0.25, 0.3) is 0 Å². The maximum Gasteiger partial charge on any atom is 0.134 e. The summed E-state index contributed by atoms with van der Waals surface area (Å²) < 4.78 is 0. The van der Waals surface area contributed by atoms with Gasteiger partial charge in [-0.1, -0.05) is 13.3 Å². The molecule has 0 atom stereocenters. The van der Waals surface area contributed by atoms with E-state index in [2.05, 4.69) is 11.9 Å². The van der Waals surface area contributed by atoms with E-state index in [9.17, 15) is 0 Å². The van der Waals surface area contributed by atoms with Crippen LogP contribution < -0.4 is 0 Å². The van der Waals surface area contributed by atoms with Crippen molar-refractivity contribution < 1.29 is 5.11 Å². The highest BCUT2D eigenvalue weighted by molar-refractivity contribution is 5.21. The number of hydrogen-bond donors (Lipinski definition) is 1. The number of nitrogens with zero attached hydrogens (tertiary/aromatic N) is 1. The molecule has 1 rings (SSSR count). The lowest BCUT2D eigenvalue weighted by Gasteiger charge is -1.98. The zero-order valence-electron chi connectivity index (χ0n) is 6.75. The molecule has 1 heterocycles. The molecule has 1 aromatic rings. The Balaban J connectivity index is 2.56. The summed E-state index contributed by atoms with van der Waals surface area (Å²) in [5.74, 6) is 0.263. The minimum Gasteiger partial charge on any atom is -0.506 e. The second kappa shape index (κ2) is 3.96. The first kappa shape index (κ1) is 8.05. The molecule has 0 aliphatic rings. The van der Waals surface area contributed by atoms with Crippen LogP contribution in [0.1, 0.15) is 25.3 Å². The molecule has 0 aliphatic heterocycles. The Bertz CT molecular complexity index is 223. The van der Waals surface area contributed by atoms with Crippen LogP contribution in [0.15, 0.2) is 18.5 Å². The zero-order valence-corrected chi connectivity index (χ0v) is 6.75. The summed E-state index contributed by atoms with van der Waals surface area (Å²) in [5, 5.41) is 9.05. The second-order valence-electron chi connectivity index (χ2n) is 2.65. The average molecular weight is 151 g/mol. The fourth-order valence-corrected chi connectivity index (χ4v) is 0.991. The summed E-state index contributed by atoms with van der Waals surface area (Å²) >= 11 is 0. The lowest BCUT2D eigenvalue weighted by Crippen LogP contribution is -1.85. The topological polar surface area (TPSA) is 33.1 Å². The van der Waals surface area contributed by atoms with E-state index < -0.39 is 0 Å². The number of unbranched alkanes of at least 4 members (excludes halogenated alkanes) is 1. The van der Waals surface area contributed by atoms with Crippen molar-refractivity contribution in [3.8, 4) is 5.75 Å². The summed E-state index contributed by atoms with van der Waals surface area (Å²) in [6.07, 6.45) is 6.60. The predicted octanol–water partition coefficient (Wildman–Crippen LogP) is 2.13. The third kappa shape index (κ3) is 2.58. The van der Waals surface area contributed by atoms with E-state index in [1.54, 1.807) is 12.3 Å². The summed E-state index contributed by atoms with van der Waals surface area (Å²) in [6.45, 7) is 2.15. The first-order chi connectivity index (χ1) is 5.33. The molecule has 2 nitrogen and oxygen atoms in total. The molecule has 0 spiro atoms. The molecule has 1 N–H and O–H groups in total. The van der Waals surface area contributed by atoms with Crippen LogP contribution in [0.2, 0.25) is 0 Å². The van der Waals surface area contributed by atoms with Gasteiger partial charge in [-0.05, 0) is 24.5 Å². The van der Waals surface area contributed by atoms with Gasteiger partial charge in [0, 0.05) is 6.20 Å². The fraction of sp³-hybridized carbons (Fsp3) is 0.444. The molecule has 0 aromatic carbocycles. The highest BCUT2D eigenvalue weighted by Crippen LogP contribution is 2.10. The van der Waals surface area contributed by atoms with E-state index in [0.29, 0.717) is 0 Å². The predicted molar refractivity (Wildman–Crippen MR) is 44.5 cm³/mol. The molecule has 0 fully saturated rings. The molecule has 0 saturated carbocycles. The van der Waals surface area contributed by atoms with Gasteiger partial charge in [0.25, 0.3) is 0 Å². The molecule has 2 heteroatoms. The van der Waals surface area contributed by atoms with Gasteiger partial charge >= 0.3 is 0 Å². The van der Waals surface area contributed by atoms with Gasteiger partial charge in [0.15, 0.2) is 0 Å². The van der Waals surface area contributed by atoms with Crippen LogP contribution in [-0.2, 0) is 6.42 Å². The highest BCUT2D eigenvalue weighted by Gasteiger charge is 1.93. The molecule has 60 valence electrons. The van der Waals surface area contributed by atoms with Crippen LogP contribution in [0.3, 0.4) is 0 Å². The van der Waals surface area contributed by atoms with Crippen molar-refractivity contribution in [3.63, 3.8) is 0 Å². The quantitative estimate of drug-likeness (QED) is 0.717. The second-order valence-corrected chi connectivity index (χ2v) is 2.65. The summed E-state index contributed by atoms with van der Waals surface area (Å²) in [4.78, 5) is 3.89. The molecular weight excluding hydrogens is 138 g/mol. The Kier molecular flexibility index (Phi) is 2.90. The molecule has 0 amide bonds. The SMILES string of the molecule is CCCCc1cncc(O)c1. The van der Waals surface area contributed by atoms with Crippen molar-refractivity contribution in [1.82, 2.24) is 4.98 Å². The largest absolute Gasteiger partial charge is 0.506 e. The number of rotatable bonds is 3. The maximum absolute atomic E-state index is 9.05. The molecule has 11 heavy (non-hydrogen) atoms. The lowest BCUT2D eigenvalue weighted by molar-refractivity contribution is 0.471. The van der Waals surface area contributed by atoms with E-state index in [-0.39, 0.29) is 5.75 Å². The van der Waals surface area contributed by atoms with Crippen LogP contribution in [0.4, 0.5) is 0 Å². The summed E-state index contributed by atoms with van der Waals surface area (Å²) in [6, 6.07) is 1.77. The fourth-order valence-electron chi connectivity index (χ4n) is 0.991. The Morgan fingerprint density at radius 3 is 2.91 bits per heavy atom. The van der Waals surface area contributed by atoms with Crippen molar-refractivity contribution in [1.29, 1.82) is 0 Å². The lowest BCUT2D eigenvalue weighted by atomic mass is 10.1. The van der Waals surface area contributed by atoms with E-state index in [0.717, 1.165) is 18.4 Å². The average Bonchev–Trinajstić information content (AvgIpc) is 2.01. The first-order valence-corrected chi connectivity index (χ1v) is 3.96. The molecule has 1 aromatic heterocycles. The third-order valence-electron chi connectivity index (χ3n) is 1.60. The number of aromatic nitrogens is 1. The maximum atomic E-state index is 9.05. The van der Waals surface area contributed by atoms with Crippen molar-refractivity contribution in [2.24, 2.45) is 0 Å². The monoisotopic (exact) mass is 151 g/mol. The standard InChI is InChI=1S/C9H13NO/c1-2-3-4-8-5-9(11)7-10-6-8/h5-7,11H,2-4H2,1H3. The zero-order chi connectivity index (χ0) is 8.10. The molecule has 0 aliphatic carbocycles. The number of aromatic hydroxyl groups is 1. The molecule has 0 saturated heterocycles. The van der Waals surface area contributed by atoms with Crippen LogP contribution in [0, 0.1) is 0 Å². The van der Waals surface area contributed by atoms with Gasteiger partial charge in [0.1, 0.15) is 5.75 Å². The molecule has 0 unspecified atom stereocenters. The van der Waals surface area contributed by atoms with Gasteiger partial charge < -0.3 is 5.11 Å². The van der Waals surface area contributed by atoms with Crippen molar-refractivity contribution in [2.75, 3.05) is 0 Å². The number of pyridine rings is 1. The van der Waals surface area contributed by atoms with Crippen molar-refractivity contribution >= 4 is 0 Å². The van der Waals surface area contributed by atoms with Crippen LogP contribution in [-0.4, -0.2) is 10.1 Å². The summed E-state index contributed by atoms with van der Waals surface area (Å²) in [5.41, 5.74) is 1.12. The molecule has 0 radical (unpaired) electrons. The number of hydrogen-bond acceptors (Lipinski definition) is 2. The minimum absolute atomic E-state index is 0.263. The Morgan fingerprint density at radius 1 is 1.45 bits per heavy atom. The van der Waals surface area contributed by atoms with Crippen molar-refractivity contribution in [3.05, 3.63) is 24.0 Å². The van der Waals surface area contributed by atoms with E-state index in [4.69, 9.17) is 5.11 Å². The van der Waals surface area contributed by atoms with Gasteiger partial charge in [-0.15, -0.1) is 0 Å². The van der Waals surface area contributed by atoms with Gasteiger partial charge in [0.2, 0.25) is 0 Å². The van der Waals surface area contributed by atoms with Gasteiger partial charge in [-0.3, -0.25) is 4.98 Å². The summed E-state index contributed by atoms with van der Waals surface area (Å²) in [7, 11) is 0. The Hall–Kier alpha value is -1.05. The highest BCUT2D eigenvalue weighted by atomic mass is 16.3. The van der Waals surface area contributed by atoms with Crippen LogP contribution >= 0.6 is 0 Å². The Labute approximate surface area is 66.9 Å². The van der Waals surface area contributed by atoms with E-state index >= 15 is 0 Å². The van der Waals surface area contributed by atoms with Gasteiger partial charge in [0.05, 0.1) is 6.20 Å². The van der Waals surface area contributed by atoms with Gasteiger partial charge in [-0.2, -0.15) is 0 Å². The van der Waals surface area contributed by atoms with E-state index in [1.165, 1.54) is 12.6 Å². The molecule has 0 bridgehead atoms. The number of aryl methyl sites for hydroxylation is 1. The third-order valence-corrected chi connectivity index (χ3v) is 1.60. The minimum atomic E-state index is 0.263. The smallest absolute Gasteiger partial charge is 0.134 e. The Morgan fingerprint density at radius 2 is 2.27 bits per heavy atom. The van der Waals surface area contributed by atoms with Crippen LogP contribution in [0.5, 0.6) is 5.75 Å². The molecular formula is C9H13NO. The van der Waals surface area contributed by atoms with E-state index in [1.807, 2.05) is 0 Å². The van der Waals surface area contributed by atoms with Gasteiger partial charge in [-0.25, -0.2) is 0 Å².